The lowest BCUT2D eigenvalue weighted by atomic mass is 9.87. The molecule has 3 aromatic carbocycles. The summed E-state index contributed by atoms with van der Waals surface area (Å²) in [6.45, 7) is 2.01. The molecule has 0 saturated carbocycles. The van der Waals surface area contributed by atoms with Crippen molar-refractivity contribution >= 4 is 23.4 Å². The molecule has 2 unspecified atom stereocenters. The molecule has 0 radical (unpaired) electrons. The molecule has 0 bridgehead atoms. The summed E-state index contributed by atoms with van der Waals surface area (Å²) < 4.78 is 11.1. The van der Waals surface area contributed by atoms with Crippen molar-refractivity contribution in [2.45, 2.75) is 31.8 Å². The minimum absolute atomic E-state index is 0.0482. The van der Waals surface area contributed by atoms with Gasteiger partial charge >= 0.3 is 0 Å². The Morgan fingerprint density at radius 3 is 2.31 bits per heavy atom. The lowest BCUT2D eigenvalue weighted by Crippen LogP contribution is -2.42. The average molecular weight is 493 g/mol. The van der Waals surface area contributed by atoms with Gasteiger partial charge in [0.15, 0.2) is 11.5 Å². The van der Waals surface area contributed by atoms with Crippen LogP contribution in [0.2, 0.25) is 5.02 Å². The van der Waals surface area contributed by atoms with Crippen LogP contribution < -0.4 is 14.8 Å². The van der Waals surface area contributed by atoms with Crippen LogP contribution in [-0.2, 0) is 16.0 Å². The highest BCUT2D eigenvalue weighted by Gasteiger charge is 2.34. The zero-order valence-corrected chi connectivity index (χ0v) is 20.8. The van der Waals surface area contributed by atoms with Crippen molar-refractivity contribution in [2.24, 2.45) is 0 Å². The maximum Gasteiger partial charge on any atom is 0.225 e. The van der Waals surface area contributed by atoms with Crippen molar-refractivity contribution < 1.29 is 19.1 Å². The Kier molecular flexibility index (Phi) is 7.61. The number of carbonyl (C=O) groups excluding carboxylic acids is 2. The fraction of sp³-hybridized carbons (Fsp3) is 0.286. The number of benzene rings is 3. The van der Waals surface area contributed by atoms with E-state index in [1.165, 1.54) is 6.92 Å². The molecule has 0 aromatic heterocycles. The van der Waals surface area contributed by atoms with Crippen LogP contribution in [-0.4, -0.2) is 37.5 Å². The summed E-state index contributed by atoms with van der Waals surface area (Å²) in [5.41, 5.74) is 3.97. The summed E-state index contributed by atoms with van der Waals surface area (Å²) in [6, 6.07) is 20.4. The fourth-order valence-electron chi connectivity index (χ4n) is 4.69. The Morgan fingerprint density at radius 2 is 1.69 bits per heavy atom. The van der Waals surface area contributed by atoms with Gasteiger partial charge in [-0.15, -0.1) is 0 Å². The van der Waals surface area contributed by atoms with Crippen molar-refractivity contribution in [1.82, 2.24) is 10.2 Å². The lowest BCUT2D eigenvalue weighted by Gasteiger charge is -2.39. The molecule has 1 heterocycles. The number of nitrogens with one attached hydrogen (secondary N) is 1. The van der Waals surface area contributed by atoms with Crippen molar-refractivity contribution in [3.63, 3.8) is 0 Å². The highest BCUT2D eigenvalue weighted by atomic mass is 35.5. The van der Waals surface area contributed by atoms with Crippen molar-refractivity contribution in [2.75, 3.05) is 20.8 Å². The molecule has 3 aromatic rings. The second-order valence-electron chi connectivity index (χ2n) is 8.57. The SMILES string of the molecule is COc1cc2c(cc1OC)C(c1ccccc1)N(C(=O)CC(NC(C)=O)c1ccc(Cl)cc1)CC2. The molecule has 0 aliphatic carbocycles. The van der Waals surface area contributed by atoms with E-state index in [2.05, 4.69) is 5.32 Å². The zero-order chi connectivity index (χ0) is 24.9. The number of carbonyl (C=O) groups is 2. The summed E-state index contributed by atoms with van der Waals surface area (Å²) in [4.78, 5) is 27.6. The van der Waals surface area contributed by atoms with Crippen LogP contribution >= 0.6 is 11.6 Å². The van der Waals surface area contributed by atoms with Crippen molar-refractivity contribution in [3.8, 4) is 11.5 Å². The predicted octanol–water partition coefficient (Wildman–Crippen LogP) is 5.10. The van der Waals surface area contributed by atoms with Gasteiger partial charge in [0, 0.05) is 18.5 Å². The Bertz CT molecular complexity index is 1200. The normalized spacial score (nSPS) is 15.7. The van der Waals surface area contributed by atoms with Crippen molar-refractivity contribution in [3.05, 3.63) is 94.0 Å². The molecule has 0 saturated heterocycles. The molecule has 35 heavy (non-hydrogen) atoms. The molecule has 0 fully saturated rings. The predicted molar refractivity (Wildman–Crippen MR) is 136 cm³/mol. The Hall–Kier alpha value is -3.51. The zero-order valence-electron chi connectivity index (χ0n) is 20.1. The average Bonchev–Trinajstić information content (AvgIpc) is 2.87. The second kappa shape index (κ2) is 10.8. The van der Waals surface area contributed by atoms with E-state index in [9.17, 15) is 9.59 Å². The molecule has 1 N–H and O–H groups in total. The van der Waals surface area contributed by atoms with Gasteiger partial charge in [0.25, 0.3) is 0 Å². The molecule has 6 nitrogen and oxygen atoms in total. The summed E-state index contributed by atoms with van der Waals surface area (Å²) in [6.07, 6.45) is 0.823. The molecule has 1 aliphatic heterocycles. The Morgan fingerprint density at radius 1 is 1.03 bits per heavy atom. The van der Waals surface area contributed by atoms with Gasteiger partial charge < -0.3 is 19.7 Å². The first-order valence-corrected chi connectivity index (χ1v) is 11.9. The molecular formula is C28H29ClN2O4. The van der Waals surface area contributed by atoms with Crippen LogP contribution in [0, 0.1) is 0 Å². The van der Waals surface area contributed by atoms with Crippen LogP contribution in [0.3, 0.4) is 0 Å². The minimum Gasteiger partial charge on any atom is -0.493 e. The highest BCUT2D eigenvalue weighted by Crippen LogP contribution is 2.41. The van der Waals surface area contributed by atoms with E-state index in [4.69, 9.17) is 21.1 Å². The smallest absolute Gasteiger partial charge is 0.225 e. The van der Waals surface area contributed by atoms with E-state index in [1.54, 1.807) is 26.4 Å². The number of hydrogen-bond acceptors (Lipinski definition) is 4. The number of methoxy groups -OCH3 is 2. The number of fused-ring (bicyclic) bond motifs is 1. The third kappa shape index (κ3) is 5.43. The maximum atomic E-state index is 13.8. The summed E-state index contributed by atoms with van der Waals surface area (Å²) in [5, 5.41) is 3.53. The van der Waals surface area contributed by atoms with Crippen LogP contribution in [0.5, 0.6) is 11.5 Å². The van der Waals surface area contributed by atoms with Crippen LogP contribution in [0.4, 0.5) is 0 Å². The minimum atomic E-state index is -0.458. The molecule has 2 atom stereocenters. The van der Waals surface area contributed by atoms with E-state index < -0.39 is 6.04 Å². The van der Waals surface area contributed by atoms with E-state index in [-0.39, 0.29) is 24.3 Å². The van der Waals surface area contributed by atoms with E-state index in [0.717, 1.165) is 22.3 Å². The Labute approximate surface area is 210 Å². The van der Waals surface area contributed by atoms with Crippen LogP contribution in [0.15, 0.2) is 66.7 Å². The van der Waals surface area contributed by atoms with E-state index in [1.807, 2.05) is 59.5 Å². The molecule has 0 spiro atoms. The van der Waals surface area contributed by atoms with Gasteiger partial charge in [-0.1, -0.05) is 54.1 Å². The van der Waals surface area contributed by atoms with Gasteiger partial charge in [-0.3, -0.25) is 9.59 Å². The number of hydrogen-bond donors (Lipinski definition) is 1. The van der Waals surface area contributed by atoms with Crippen molar-refractivity contribution in [1.29, 1.82) is 0 Å². The molecule has 4 rings (SSSR count). The quantitative estimate of drug-likeness (QED) is 0.498. The van der Waals surface area contributed by atoms with Crippen LogP contribution in [0.1, 0.15) is 47.7 Å². The highest BCUT2D eigenvalue weighted by molar-refractivity contribution is 6.30. The topological polar surface area (TPSA) is 67.9 Å². The van der Waals surface area contributed by atoms with Gasteiger partial charge in [-0.05, 0) is 52.9 Å². The molecular weight excluding hydrogens is 464 g/mol. The number of rotatable bonds is 7. The maximum absolute atomic E-state index is 13.8. The standard InChI is InChI=1S/C28H29ClN2O4/c1-18(32)30-24(19-9-11-22(29)12-10-19)17-27(33)31-14-13-21-15-25(34-2)26(35-3)16-23(21)28(31)20-7-5-4-6-8-20/h4-12,15-16,24,28H,13-14,17H2,1-3H3,(H,30,32). The first-order valence-electron chi connectivity index (χ1n) is 11.5. The third-order valence-corrected chi connectivity index (χ3v) is 6.59. The van der Waals surface area contributed by atoms with Gasteiger partial charge in [-0.25, -0.2) is 0 Å². The van der Waals surface area contributed by atoms with Crippen LogP contribution in [0.25, 0.3) is 0 Å². The summed E-state index contributed by atoms with van der Waals surface area (Å²) in [7, 11) is 3.23. The molecule has 2 amide bonds. The Balaban J connectivity index is 1.71. The van der Waals surface area contributed by atoms with Gasteiger partial charge in [0.2, 0.25) is 11.8 Å². The van der Waals surface area contributed by atoms with E-state index >= 15 is 0 Å². The first kappa shape index (κ1) is 24.6. The first-order chi connectivity index (χ1) is 16.9. The molecule has 182 valence electrons. The third-order valence-electron chi connectivity index (χ3n) is 6.34. The summed E-state index contributed by atoms with van der Waals surface area (Å²) >= 11 is 6.05. The number of nitrogens with zero attached hydrogens (tertiary/aromatic N) is 1. The number of amides is 2. The van der Waals surface area contributed by atoms with Gasteiger partial charge in [0.1, 0.15) is 0 Å². The molecule has 1 aliphatic rings. The fourth-order valence-corrected chi connectivity index (χ4v) is 4.82. The summed E-state index contributed by atoms with van der Waals surface area (Å²) in [5.74, 6) is 1.05. The second-order valence-corrected chi connectivity index (χ2v) is 9.00. The monoisotopic (exact) mass is 492 g/mol. The van der Waals surface area contributed by atoms with E-state index in [0.29, 0.717) is 29.5 Å². The lowest BCUT2D eigenvalue weighted by molar-refractivity contribution is -0.134. The number of halogens is 1. The van der Waals surface area contributed by atoms with Gasteiger partial charge in [0.05, 0.1) is 32.7 Å². The number of ether oxygens (including phenoxy) is 2. The van der Waals surface area contributed by atoms with Gasteiger partial charge in [-0.2, -0.15) is 0 Å². The molecule has 7 heteroatoms. The largest absolute Gasteiger partial charge is 0.493 e.